The van der Waals surface area contributed by atoms with Crippen LogP contribution in [0.4, 0.5) is 0 Å². The summed E-state index contributed by atoms with van der Waals surface area (Å²) < 4.78 is 1.61. The number of nitrogens with zero attached hydrogens (tertiary/aromatic N) is 3. The monoisotopic (exact) mass is 284 g/mol. The molecule has 0 unspecified atom stereocenters. The van der Waals surface area contributed by atoms with Crippen molar-refractivity contribution in [3.8, 4) is 0 Å². The zero-order valence-corrected chi connectivity index (χ0v) is 11.6. The van der Waals surface area contributed by atoms with Gasteiger partial charge < -0.3 is 0 Å². The highest BCUT2D eigenvalue weighted by molar-refractivity contribution is 7.09. The minimum Gasteiger partial charge on any atom is -0.268 e. The Labute approximate surface area is 119 Å². The third-order valence-corrected chi connectivity index (χ3v) is 3.52. The Hall–Kier alpha value is -2.47. The summed E-state index contributed by atoms with van der Waals surface area (Å²) in [4.78, 5) is 20.3. The molecule has 2 aromatic heterocycles. The molecule has 0 saturated carbocycles. The number of nitrogens with one attached hydrogen (secondary N) is 1. The second-order valence-electron chi connectivity index (χ2n) is 4.20. The van der Waals surface area contributed by atoms with Crippen LogP contribution in [0.25, 0.3) is 17.1 Å². The van der Waals surface area contributed by atoms with E-state index in [2.05, 4.69) is 15.4 Å². The lowest BCUT2D eigenvalue weighted by molar-refractivity contribution is -0.112. The predicted molar refractivity (Wildman–Crippen MR) is 80.0 cm³/mol. The van der Waals surface area contributed by atoms with Gasteiger partial charge in [0, 0.05) is 11.5 Å². The number of hydrogen-bond donors (Lipinski definition) is 1. The molecule has 6 heteroatoms. The third-order valence-electron chi connectivity index (χ3n) is 2.73. The largest absolute Gasteiger partial charge is 0.268 e. The van der Waals surface area contributed by atoms with E-state index in [-0.39, 0.29) is 5.91 Å². The van der Waals surface area contributed by atoms with E-state index >= 15 is 0 Å². The van der Waals surface area contributed by atoms with Crippen LogP contribution in [0.5, 0.6) is 0 Å². The Kier molecular flexibility index (Phi) is 3.30. The fourth-order valence-corrected chi connectivity index (χ4v) is 2.40. The van der Waals surface area contributed by atoms with E-state index in [0.29, 0.717) is 0 Å². The molecule has 0 radical (unpaired) electrons. The first-order chi connectivity index (χ1) is 9.72. The summed E-state index contributed by atoms with van der Waals surface area (Å²) in [7, 11) is 0. The molecule has 100 valence electrons. The maximum atomic E-state index is 11.9. The molecule has 0 aliphatic rings. The van der Waals surface area contributed by atoms with Gasteiger partial charge in [0.25, 0.3) is 5.91 Å². The van der Waals surface area contributed by atoms with Gasteiger partial charge in [0.05, 0.1) is 21.7 Å². The summed E-state index contributed by atoms with van der Waals surface area (Å²) in [6, 6.07) is 7.61. The summed E-state index contributed by atoms with van der Waals surface area (Å²) >= 11 is 1.55. The van der Waals surface area contributed by atoms with Crippen LogP contribution in [0.15, 0.2) is 42.0 Å². The Bertz CT molecular complexity index is 787. The van der Waals surface area contributed by atoms with E-state index in [1.807, 2.05) is 36.6 Å². The van der Waals surface area contributed by atoms with Crippen LogP contribution in [-0.4, -0.2) is 20.6 Å². The minimum atomic E-state index is -0.223. The summed E-state index contributed by atoms with van der Waals surface area (Å²) in [5.74, 6) is -0.223. The average Bonchev–Trinajstić information content (AvgIpc) is 3.04. The van der Waals surface area contributed by atoms with Crippen LogP contribution in [0, 0.1) is 6.92 Å². The van der Waals surface area contributed by atoms with E-state index in [1.54, 1.807) is 28.4 Å². The van der Waals surface area contributed by atoms with E-state index in [4.69, 9.17) is 0 Å². The fraction of sp³-hybridized carbons (Fsp3) is 0.0714. The first-order valence-corrected chi connectivity index (χ1v) is 6.93. The Morgan fingerprint density at radius 2 is 2.25 bits per heavy atom. The molecule has 0 saturated heterocycles. The van der Waals surface area contributed by atoms with Crippen molar-refractivity contribution in [1.29, 1.82) is 0 Å². The number of fused-ring (bicyclic) bond motifs is 1. The van der Waals surface area contributed by atoms with Gasteiger partial charge in [-0.15, -0.1) is 11.3 Å². The first kappa shape index (κ1) is 12.6. The third kappa shape index (κ3) is 2.60. The number of carbonyl (C=O) groups excluding carboxylic acids is 1. The Morgan fingerprint density at radius 3 is 3.05 bits per heavy atom. The van der Waals surface area contributed by atoms with Gasteiger partial charge in [-0.3, -0.25) is 10.2 Å². The number of benzene rings is 1. The maximum Gasteiger partial charge on any atom is 0.262 e. The number of hydrogen-bond acceptors (Lipinski definition) is 4. The van der Waals surface area contributed by atoms with Gasteiger partial charge in [-0.25, -0.2) is 14.6 Å². The Balaban J connectivity index is 1.74. The van der Waals surface area contributed by atoms with Crippen LogP contribution >= 0.6 is 11.3 Å². The molecule has 3 aromatic rings. The van der Waals surface area contributed by atoms with Gasteiger partial charge in [-0.05, 0) is 25.1 Å². The molecule has 2 heterocycles. The van der Waals surface area contributed by atoms with Crippen molar-refractivity contribution in [3.05, 3.63) is 52.8 Å². The molecule has 1 N–H and O–H groups in total. The van der Waals surface area contributed by atoms with E-state index in [0.717, 1.165) is 21.7 Å². The first-order valence-electron chi connectivity index (χ1n) is 6.06. The van der Waals surface area contributed by atoms with Crippen molar-refractivity contribution < 1.29 is 4.79 Å². The highest BCUT2D eigenvalue weighted by Crippen LogP contribution is 2.11. The van der Waals surface area contributed by atoms with Crippen molar-refractivity contribution in [2.45, 2.75) is 6.92 Å². The number of aryl methyl sites for hydroxylation is 1. The number of thiazole rings is 1. The second-order valence-corrected chi connectivity index (χ2v) is 5.27. The van der Waals surface area contributed by atoms with Gasteiger partial charge in [0.2, 0.25) is 0 Å². The van der Waals surface area contributed by atoms with Gasteiger partial charge >= 0.3 is 0 Å². The van der Waals surface area contributed by atoms with Gasteiger partial charge in [-0.1, -0.05) is 12.1 Å². The quantitative estimate of drug-likeness (QED) is 0.752. The number of carbonyl (C=O) groups is 1. The maximum absolute atomic E-state index is 11.9. The van der Waals surface area contributed by atoms with Crippen LogP contribution in [0.2, 0.25) is 0 Å². The van der Waals surface area contributed by atoms with Crippen LogP contribution in [-0.2, 0) is 4.79 Å². The van der Waals surface area contributed by atoms with Crippen molar-refractivity contribution in [3.63, 3.8) is 0 Å². The van der Waals surface area contributed by atoms with Gasteiger partial charge in [0.15, 0.2) is 0 Å². The molecule has 0 bridgehead atoms. The zero-order valence-electron chi connectivity index (χ0n) is 10.8. The predicted octanol–water partition coefficient (Wildman–Crippen LogP) is 2.58. The molecule has 1 amide bonds. The average molecular weight is 284 g/mol. The van der Waals surface area contributed by atoms with Crippen molar-refractivity contribution in [2.24, 2.45) is 0 Å². The van der Waals surface area contributed by atoms with Crippen molar-refractivity contribution >= 4 is 34.4 Å². The fourth-order valence-electron chi connectivity index (χ4n) is 1.82. The molecule has 0 aliphatic carbocycles. The van der Waals surface area contributed by atoms with Gasteiger partial charge in [0.1, 0.15) is 6.33 Å². The minimum absolute atomic E-state index is 0.223. The van der Waals surface area contributed by atoms with Crippen molar-refractivity contribution in [2.75, 3.05) is 5.43 Å². The highest BCUT2D eigenvalue weighted by atomic mass is 32.1. The topological polar surface area (TPSA) is 59.8 Å². The zero-order chi connectivity index (χ0) is 13.9. The molecule has 5 nitrogen and oxygen atoms in total. The van der Waals surface area contributed by atoms with E-state index in [1.165, 1.54) is 6.08 Å². The van der Waals surface area contributed by atoms with Gasteiger partial charge in [-0.2, -0.15) is 0 Å². The van der Waals surface area contributed by atoms with Crippen molar-refractivity contribution in [1.82, 2.24) is 14.6 Å². The van der Waals surface area contributed by atoms with Crippen LogP contribution in [0.3, 0.4) is 0 Å². The number of amides is 1. The Morgan fingerprint density at radius 1 is 1.40 bits per heavy atom. The lowest BCUT2D eigenvalue weighted by Gasteiger charge is -2.03. The summed E-state index contributed by atoms with van der Waals surface area (Å²) in [6.07, 6.45) is 4.74. The number of imidazole rings is 1. The summed E-state index contributed by atoms with van der Waals surface area (Å²) in [5.41, 5.74) is 5.24. The normalized spacial score (nSPS) is 11.2. The number of para-hydroxylation sites is 2. The molecule has 20 heavy (non-hydrogen) atoms. The lowest BCUT2D eigenvalue weighted by Crippen LogP contribution is -2.19. The molecule has 0 fully saturated rings. The molecule has 0 atom stereocenters. The van der Waals surface area contributed by atoms with E-state index < -0.39 is 0 Å². The standard InChI is InChI=1S/C14H12N4OS/c1-10-16-11(8-20-10)6-7-14(19)17-18-9-15-12-4-2-3-5-13(12)18/h2-9H,1H3,(H,17,19). The highest BCUT2D eigenvalue weighted by Gasteiger charge is 2.03. The molecular weight excluding hydrogens is 272 g/mol. The SMILES string of the molecule is Cc1nc(C=CC(=O)Nn2cnc3ccccc32)cs1. The summed E-state index contributed by atoms with van der Waals surface area (Å²) in [5, 5.41) is 2.89. The van der Waals surface area contributed by atoms with E-state index in [9.17, 15) is 4.79 Å². The molecule has 0 aliphatic heterocycles. The molecular formula is C14H12N4OS. The van der Waals surface area contributed by atoms with Crippen LogP contribution in [0.1, 0.15) is 10.7 Å². The lowest BCUT2D eigenvalue weighted by atomic mass is 10.3. The smallest absolute Gasteiger partial charge is 0.262 e. The number of aromatic nitrogens is 3. The molecule has 3 rings (SSSR count). The summed E-state index contributed by atoms with van der Waals surface area (Å²) in [6.45, 7) is 1.93. The molecule has 1 aromatic carbocycles. The number of rotatable bonds is 3. The molecule has 0 spiro atoms. The van der Waals surface area contributed by atoms with Crippen LogP contribution < -0.4 is 5.43 Å². The second kappa shape index (κ2) is 5.26.